The molecule has 1 aromatic rings. The van der Waals surface area contributed by atoms with Gasteiger partial charge in [0.2, 0.25) is 0 Å². The van der Waals surface area contributed by atoms with Crippen molar-refractivity contribution in [3.63, 3.8) is 0 Å². The molecule has 0 saturated heterocycles. The number of hydrogen-bond acceptors (Lipinski definition) is 3. The highest BCUT2D eigenvalue weighted by Crippen LogP contribution is 2.05. The molecule has 0 heterocycles. The van der Waals surface area contributed by atoms with Crippen molar-refractivity contribution in [3.05, 3.63) is 35.4 Å². The van der Waals surface area contributed by atoms with E-state index < -0.39 is 0 Å². The summed E-state index contributed by atoms with van der Waals surface area (Å²) in [4.78, 5) is 10.8. The zero-order valence-corrected chi connectivity index (χ0v) is 16.3. The number of aryl methyl sites for hydroxylation is 2. The molecule has 0 aliphatic rings. The molecule has 0 amide bonds. The third kappa shape index (κ3) is 21.0. The van der Waals surface area contributed by atoms with Gasteiger partial charge in [-0.05, 0) is 41.7 Å². The Balaban J connectivity index is -0.000000270. The van der Waals surface area contributed by atoms with Gasteiger partial charge >= 0.3 is 5.97 Å². The predicted octanol–water partition coefficient (Wildman–Crippen LogP) is 4.90. The van der Waals surface area contributed by atoms with E-state index in [0.717, 1.165) is 0 Å². The van der Waals surface area contributed by atoms with Gasteiger partial charge in [0.25, 0.3) is 0 Å². The summed E-state index contributed by atoms with van der Waals surface area (Å²) in [6.45, 7) is 18.0. The Morgan fingerprint density at radius 2 is 1.27 bits per heavy atom. The summed E-state index contributed by atoms with van der Waals surface area (Å²) in [6.07, 6.45) is 0. The molecular formula is C19H37NO2. The third-order valence-electron chi connectivity index (χ3n) is 1.96. The average Bonchev–Trinajstić information content (AvgIpc) is 2.45. The summed E-state index contributed by atoms with van der Waals surface area (Å²) in [7, 11) is 1.71. The molecule has 0 spiro atoms. The minimum absolute atomic E-state index is 0.213. The lowest BCUT2D eigenvalue weighted by Gasteiger charge is -2.19. The highest BCUT2D eigenvalue weighted by atomic mass is 16.6. The minimum atomic E-state index is -0.367. The van der Waals surface area contributed by atoms with E-state index in [1.54, 1.807) is 7.05 Å². The van der Waals surface area contributed by atoms with Crippen molar-refractivity contribution in [3.8, 4) is 0 Å². The molecule has 3 nitrogen and oxygen atoms in total. The molecule has 0 unspecified atom stereocenters. The number of esters is 1. The van der Waals surface area contributed by atoms with Gasteiger partial charge in [-0.15, -0.1) is 0 Å². The van der Waals surface area contributed by atoms with Crippen LogP contribution in [-0.4, -0.2) is 25.2 Å². The quantitative estimate of drug-likeness (QED) is 0.789. The highest BCUT2D eigenvalue weighted by molar-refractivity contribution is 5.71. The lowest BCUT2D eigenvalue weighted by atomic mass is 10.2. The molecule has 1 rings (SSSR count). The van der Waals surface area contributed by atoms with E-state index in [4.69, 9.17) is 4.74 Å². The van der Waals surface area contributed by atoms with Crippen LogP contribution in [0.25, 0.3) is 0 Å². The van der Waals surface area contributed by atoms with Gasteiger partial charge in [-0.1, -0.05) is 63.1 Å². The molecule has 3 heteroatoms. The number of rotatable bonds is 2. The zero-order valence-electron chi connectivity index (χ0n) is 16.3. The third-order valence-corrected chi connectivity index (χ3v) is 1.96. The number of ether oxygens (including phenoxy) is 1. The van der Waals surface area contributed by atoms with Crippen LogP contribution in [0.5, 0.6) is 0 Å². The first-order chi connectivity index (χ1) is 10.2. The molecule has 0 atom stereocenters. The average molecular weight is 312 g/mol. The fourth-order valence-electron chi connectivity index (χ4n) is 1.16. The fraction of sp³-hybridized carbons (Fsp3) is 0.632. The van der Waals surface area contributed by atoms with Gasteiger partial charge in [-0.3, -0.25) is 4.79 Å². The zero-order chi connectivity index (χ0) is 18.2. The number of nitrogens with one attached hydrogen (secondary N) is 1. The van der Waals surface area contributed by atoms with E-state index in [-0.39, 0.29) is 18.1 Å². The van der Waals surface area contributed by atoms with Gasteiger partial charge < -0.3 is 10.1 Å². The van der Waals surface area contributed by atoms with Crippen LogP contribution in [0.1, 0.15) is 59.6 Å². The smallest absolute Gasteiger partial charge is 0.320 e. The van der Waals surface area contributed by atoms with E-state index in [1.165, 1.54) is 11.1 Å². The van der Waals surface area contributed by atoms with Crippen molar-refractivity contribution in [2.24, 2.45) is 0 Å². The van der Waals surface area contributed by atoms with Crippen molar-refractivity contribution < 1.29 is 9.53 Å². The van der Waals surface area contributed by atoms with Crippen molar-refractivity contribution in [2.45, 2.75) is 67.9 Å². The van der Waals surface area contributed by atoms with Crippen LogP contribution >= 0.6 is 0 Å². The first kappa shape index (κ1) is 25.6. The van der Waals surface area contributed by atoms with Crippen molar-refractivity contribution in [1.82, 2.24) is 5.32 Å². The van der Waals surface area contributed by atoms with Crippen LogP contribution in [-0.2, 0) is 9.53 Å². The maximum absolute atomic E-state index is 10.8. The van der Waals surface area contributed by atoms with Crippen LogP contribution < -0.4 is 5.32 Å². The molecule has 1 N–H and O–H groups in total. The lowest BCUT2D eigenvalue weighted by molar-refractivity contribution is -0.153. The van der Waals surface area contributed by atoms with E-state index in [9.17, 15) is 4.79 Å². The SMILES string of the molecule is CC.CC.CNCC(=O)OC(C)(C)C.Cc1ccc(C)cc1. The lowest BCUT2D eigenvalue weighted by Crippen LogP contribution is -2.29. The van der Waals surface area contributed by atoms with Gasteiger partial charge in [0, 0.05) is 0 Å². The fourth-order valence-corrected chi connectivity index (χ4v) is 1.16. The largest absolute Gasteiger partial charge is 0.459 e. The van der Waals surface area contributed by atoms with E-state index in [1.807, 2.05) is 48.5 Å². The van der Waals surface area contributed by atoms with Crippen molar-refractivity contribution >= 4 is 5.97 Å². The Hall–Kier alpha value is -1.35. The summed E-state index contributed by atoms with van der Waals surface area (Å²) in [5, 5.41) is 2.72. The molecule has 0 bridgehead atoms. The first-order valence-corrected chi connectivity index (χ1v) is 8.14. The van der Waals surface area contributed by atoms with Gasteiger partial charge in [0.05, 0.1) is 6.54 Å². The molecule has 0 fully saturated rings. The Kier molecular flexibility index (Phi) is 18.6. The van der Waals surface area contributed by atoms with Crippen molar-refractivity contribution in [1.29, 1.82) is 0 Å². The molecule has 0 aliphatic carbocycles. The van der Waals surface area contributed by atoms with Crippen LogP contribution in [0.2, 0.25) is 0 Å². The normalized spacial score (nSPS) is 9.00. The number of carbonyl (C=O) groups is 1. The second-order valence-corrected chi connectivity index (χ2v) is 5.27. The summed E-state index contributed by atoms with van der Waals surface area (Å²) < 4.78 is 4.98. The number of likely N-dealkylation sites (N-methyl/N-ethyl adjacent to an activating group) is 1. The van der Waals surface area contributed by atoms with Gasteiger partial charge in [0.1, 0.15) is 5.60 Å². The second kappa shape index (κ2) is 16.0. The van der Waals surface area contributed by atoms with Crippen molar-refractivity contribution in [2.75, 3.05) is 13.6 Å². The molecule has 0 radical (unpaired) electrons. The topological polar surface area (TPSA) is 38.3 Å². The standard InChI is InChI=1S/C8H10.C7H15NO2.2C2H6/c1-7-3-5-8(2)6-4-7;1-7(2,3)10-6(9)5-8-4;2*1-2/h3-6H,1-2H3;8H,5H2,1-4H3;2*1-2H3. The van der Waals surface area contributed by atoms with E-state index in [2.05, 4.69) is 43.4 Å². The molecule has 1 aromatic carbocycles. The molecular weight excluding hydrogens is 274 g/mol. The second-order valence-electron chi connectivity index (χ2n) is 5.27. The maximum Gasteiger partial charge on any atom is 0.320 e. The van der Waals surface area contributed by atoms with E-state index >= 15 is 0 Å². The first-order valence-electron chi connectivity index (χ1n) is 8.14. The van der Waals surface area contributed by atoms with Gasteiger partial charge in [-0.25, -0.2) is 0 Å². The molecule has 0 saturated carbocycles. The molecule has 0 aliphatic heterocycles. The predicted molar refractivity (Wildman–Crippen MR) is 98.4 cm³/mol. The molecule has 22 heavy (non-hydrogen) atoms. The Bertz CT molecular complexity index is 330. The van der Waals surface area contributed by atoms with E-state index in [0.29, 0.717) is 0 Å². The maximum atomic E-state index is 10.8. The monoisotopic (exact) mass is 311 g/mol. The van der Waals surface area contributed by atoms with Crippen LogP contribution in [0.15, 0.2) is 24.3 Å². The summed E-state index contributed by atoms with van der Waals surface area (Å²) in [6, 6.07) is 8.48. The Labute approximate surface area is 138 Å². The molecule has 130 valence electrons. The Morgan fingerprint density at radius 3 is 1.50 bits per heavy atom. The van der Waals surface area contributed by atoms with Crippen LogP contribution in [0.3, 0.4) is 0 Å². The Morgan fingerprint density at radius 1 is 0.955 bits per heavy atom. The summed E-state index contributed by atoms with van der Waals surface area (Å²) in [5.41, 5.74) is 2.29. The van der Waals surface area contributed by atoms with Crippen LogP contribution in [0, 0.1) is 13.8 Å². The minimum Gasteiger partial charge on any atom is -0.459 e. The summed E-state index contributed by atoms with van der Waals surface area (Å²) in [5.74, 6) is -0.213. The summed E-state index contributed by atoms with van der Waals surface area (Å²) >= 11 is 0. The number of benzene rings is 1. The molecule has 0 aromatic heterocycles. The van der Waals surface area contributed by atoms with Crippen LogP contribution in [0.4, 0.5) is 0 Å². The number of carbonyl (C=O) groups excluding carboxylic acids is 1. The van der Waals surface area contributed by atoms with Gasteiger partial charge in [0.15, 0.2) is 0 Å². The highest BCUT2D eigenvalue weighted by Gasteiger charge is 2.14. The van der Waals surface area contributed by atoms with Gasteiger partial charge in [-0.2, -0.15) is 0 Å². The number of hydrogen-bond donors (Lipinski definition) is 1.